The number of halogens is 5. The van der Waals surface area contributed by atoms with Gasteiger partial charge in [-0.2, -0.15) is 13.2 Å². The molecule has 0 bridgehead atoms. The third-order valence-corrected chi connectivity index (χ3v) is 8.26. The number of aromatic nitrogens is 2. The molecule has 0 saturated heterocycles. The van der Waals surface area contributed by atoms with Gasteiger partial charge in [-0.15, -0.1) is 0 Å². The number of aryl methyl sites for hydroxylation is 1. The average Bonchev–Trinajstić information content (AvgIpc) is 3.27. The lowest BCUT2D eigenvalue weighted by Gasteiger charge is -2.14. The molecule has 1 atom stereocenters. The van der Waals surface area contributed by atoms with Crippen LogP contribution in [0.5, 0.6) is 0 Å². The van der Waals surface area contributed by atoms with Crippen LogP contribution in [0.3, 0.4) is 0 Å². The number of fused-ring (bicyclic) bond motifs is 1. The van der Waals surface area contributed by atoms with E-state index in [1.165, 1.54) is 24.3 Å². The van der Waals surface area contributed by atoms with Gasteiger partial charge in [0, 0.05) is 12.0 Å². The first kappa shape index (κ1) is 26.5. The van der Waals surface area contributed by atoms with E-state index >= 15 is 0 Å². The maximum absolute atomic E-state index is 12.8. The zero-order chi connectivity index (χ0) is 26.3. The van der Waals surface area contributed by atoms with Crippen molar-refractivity contribution in [2.24, 2.45) is 0 Å². The minimum absolute atomic E-state index is 0.0423. The van der Waals surface area contributed by atoms with E-state index in [9.17, 15) is 26.7 Å². The lowest BCUT2D eigenvalue weighted by atomic mass is 9.96. The first-order valence-corrected chi connectivity index (χ1v) is 13.4. The van der Waals surface area contributed by atoms with Gasteiger partial charge in [0.25, 0.3) is 0 Å². The van der Waals surface area contributed by atoms with E-state index < -0.39 is 28.5 Å². The molecule has 1 aromatic heterocycles. The normalized spacial score (nSPS) is 13.3. The van der Waals surface area contributed by atoms with Crippen LogP contribution in [0.25, 0.3) is 22.2 Å². The first-order valence-electron chi connectivity index (χ1n) is 10.9. The third-order valence-electron chi connectivity index (χ3n) is 5.85. The topological polar surface area (TPSA) is 83.1 Å². The predicted molar refractivity (Wildman–Crippen MR) is 134 cm³/mol. The highest BCUT2D eigenvalue weighted by Crippen LogP contribution is 2.42. The summed E-state index contributed by atoms with van der Waals surface area (Å²) in [7, 11) is -3.38. The summed E-state index contributed by atoms with van der Waals surface area (Å²) in [5.74, 6) is 0.107. The van der Waals surface area contributed by atoms with Gasteiger partial charge in [0.1, 0.15) is 17.4 Å². The van der Waals surface area contributed by atoms with Gasteiger partial charge in [0.2, 0.25) is 0 Å². The quantitative estimate of drug-likeness (QED) is 0.259. The highest BCUT2D eigenvalue weighted by molar-refractivity contribution is 7.91. The molecule has 0 aliphatic carbocycles. The molecule has 2 N–H and O–H groups in total. The molecular weight excluding hydrogens is 536 g/mol. The molecule has 0 saturated carbocycles. The fourth-order valence-corrected chi connectivity index (χ4v) is 5.50. The second-order valence-electron chi connectivity index (χ2n) is 8.21. The summed E-state index contributed by atoms with van der Waals surface area (Å²) in [6.07, 6.45) is -6.75. The molecule has 5 nitrogen and oxygen atoms in total. The molecule has 0 fully saturated rings. The number of imidazole rings is 1. The molecule has 1 heterocycles. The molecular formula is C25H21Cl2F3N2O3S. The van der Waals surface area contributed by atoms with Gasteiger partial charge in [-0.3, -0.25) is 0 Å². The summed E-state index contributed by atoms with van der Waals surface area (Å²) in [4.78, 5) is 7.54. The third kappa shape index (κ3) is 5.39. The lowest BCUT2D eigenvalue weighted by Crippen LogP contribution is -2.09. The number of benzene rings is 3. The van der Waals surface area contributed by atoms with E-state index in [1.807, 2.05) is 0 Å². The Morgan fingerprint density at radius 2 is 1.75 bits per heavy atom. The second-order valence-corrected chi connectivity index (χ2v) is 11.3. The van der Waals surface area contributed by atoms with E-state index in [1.54, 1.807) is 37.3 Å². The molecule has 0 amide bonds. The number of nitrogens with one attached hydrogen (secondary N) is 1. The van der Waals surface area contributed by atoms with Crippen molar-refractivity contribution in [2.75, 3.05) is 5.75 Å². The largest absolute Gasteiger partial charge is 0.389 e. The van der Waals surface area contributed by atoms with E-state index in [4.69, 9.17) is 23.2 Å². The number of aromatic amines is 1. The van der Waals surface area contributed by atoms with Gasteiger partial charge in [0.05, 0.1) is 26.2 Å². The van der Waals surface area contributed by atoms with Crippen molar-refractivity contribution in [1.82, 2.24) is 9.97 Å². The summed E-state index contributed by atoms with van der Waals surface area (Å²) in [5, 5.41) is 11.2. The number of aliphatic hydroxyl groups excluding tert-OH is 1. The molecule has 0 aliphatic heterocycles. The molecule has 11 heteroatoms. The van der Waals surface area contributed by atoms with E-state index in [2.05, 4.69) is 9.97 Å². The Labute approximate surface area is 215 Å². The van der Waals surface area contributed by atoms with Crippen LogP contribution in [0, 0.1) is 0 Å². The zero-order valence-electron chi connectivity index (χ0n) is 18.9. The van der Waals surface area contributed by atoms with Crippen molar-refractivity contribution in [3.8, 4) is 11.1 Å². The van der Waals surface area contributed by atoms with E-state index in [0.29, 0.717) is 33.3 Å². The monoisotopic (exact) mass is 556 g/mol. The fourth-order valence-electron chi connectivity index (χ4n) is 3.92. The van der Waals surface area contributed by atoms with Gasteiger partial charge >= 0.3 is 6.18 Å². The molecule has 1 unspecified atom stereocenters. The Morgan fingerprint density at radius 1 is 1.08 bits per heavy atom. The minimum Gasteiger partial charge on any atom is -0.380 e. The molecule has 0 spiro atoms. The van der Waals surface area contributed by atoms with Crippen LogP contribution in [-0.4, -0.2) is 35.4 Å². The molecule has 4 rings (SSSR count). The summed E-state index contributed by atoms with van der Waals surface area (Å²) in [5.41, 5.74) is 2.39. The number of sulfone groups is 1. The predicted octanol–water partition coefficient (Wildman–Crippen LogP) is 6.91. The second kappa shape index (κ2) is 10.0. The van der Waals surface area contributed by atoms with Crippen molar-refractivity contribution in [2.45, 2.75) is 36.9 Å². The number of rotatable bonds is 7. The minimum atomic E-state index is -4.31. The molecule has 3 aromatic carbocycles. The summed E-state index contributed by atoms with van der Waals surface area (Å²) >= 11 is 13.2. The number of alkyl halides is 3. The van der Waals surface area contributed by atoms with Crippen LogP contribution in [-0.2, 0) is 16.3 Å². The van der Waals surface area contributed by atoms with Crippen LogP contribution < -0.4 is 0 Å². The lowest BCUT2D eigenvalue weighted by molar-refractivity contribution is -0.133. The van der Waals surface area contributed by atoms with E-state index in [0.717, 1.165) is 0 Å². The van der Waals surface area contributed by atoms with Crippen LogP contribution in [0.4, 0.5) is 13.2 Å². The first-order chi connectivity index (χ1) is 16.9. The molecule has 0 radical (unpaired) electrons. The average molecular weight is 557 g/mol. The Balaban J connectivity index is 1.73. The van der Waals surface area contributed by atoms with Crippen molar-refractivity contribution in [1.29, 1.82) is 0 Å². The number of nitrogens with zero attached hydrogens (tertiary/aromatic N) is 1. The smallest absolute Gasteiger partial charge is 0.380 e. The summed E-state index contributed by atoms with van der Waals surface area (Å²) < 4.78 is 62.6. The van der Waals surface area contributed by atoms with E-state index in [-0.39, 0.29) is 32.9 Å². The maximum Gasteiger partial charge on any atom is 0.389 e. The van der Waals surface area contributed by atoms with Crippen molar-refractivity contribution in [3.05, 3.63) is 81.6 Å². The fraction of sp³-hybridized carbons (Fsp3) is 0.240. The van der Waals surface area contributed by atoms with Crippen LogP contribution >= 0.6 is 23.2 Å². The summed E-state index contributed by atoms with van der Waals surface area (Å²) in [6, 6.07) is 14.0. The number of H-pyrrole nitrogens is 1. The zero-order valence-corrected chi connectivity index (χ0v) is 21.2. The van der Waals surface area contributed by atoms with Gasteiger partial charge in [0.15, 0.2) is 9.84 Å². The van der Waals surface area contributed by atoms with Crippen LogP contribution in [0.1, 0.15) is 36.4 Å². The molecule has 190 valence electrons. The number of aliphatic hydroxyl groups is 1. The Kier molecular flexibility index (Phi) is 7.39. The maximum atomic E-state index is 12.8. The van der Waals surface area contributed by atoms with Crippen LogP contribution in [0.15, 0.2) is 59.5 Å². The number of hydrogen-bond acceptors (Lipinski definition) is 4. The SMILES string of the molecule is CCS(=O)(=O)c1ccc(C(O)c2nc3c(Cl)c(-c4ccccc4CCC(F)(F)F)c(Cl)cc3[nH]2)cc1. The van der Waals surface area contributed by atoms with Gasteiger partial charge < -0.3 is 10.1 Å². The van der Waals surface area contributed by atoms with Crippen molar-refractivity contribution >= 4 is 44.1 Å². The van der Waals surface area contributed by atoms with Gasteiger partial charge in [-0.05, 0) is 41.3 Å². The van der Waals surface area contributed by atoms with Gasteiger partial charge in [-0.25, -0.2) is 13.4 Å². The van der Waals surface area contributed by atoms with Crippen molar-refractivity contribution < 1.29 is 26.7 Å². The number of hydrogen-bond donors (Lipinski definition) is 2. The van der Waals surface area contributed by atoms with Crippen molar-refractivity contribution in [3.63, 3.8) is 0 Å². The Morgan fingerprint density at radius 3 is 2.39 bits per heavy atom. The highest BCUT2D eigenvalue weighted by Gasteiger charge is 2.28. The molecule has 4 aromatic rings. The molecule has 0 aliphatic rings. The summed E-state index contributed by atoms with van der Waals surface area (Å²) in [6.45, 7) is 1.55. The van der Waals surface area contributed by atoms with Crippen LogP contribution in [0.2, 0.25) is 10.0 Å². The standard InChI is InChI=1S/C25H21Cl2F3N2O3S/c1-2-36(34,35)16-9-7-15(8-10-16)23(33)24-31-19-13-18(26)20(21(27)22(19)32-24)17-6-4-3-5-14(17)11-12-25(28,29)30/h3-10,13,23,33H,2,11-12H2,1H3,(H,31,32). The molecule has 36 heavy (non-hydrogen) atoms. The highest BCUT2D eigenvalue weighted by atomic mass is 35.5. The Hall–Kier alpha value is -2.59. The van der Waals surface area contributed by atoms with Gasteiger partial charge in [-0.1, -0.05) is 66.5 Å². The Bertz CT molecular complexity index is 1520.